The van der Waals surface area contributed by atoms with E-state index in [2.05, 4.69) is 9.62 Å². The zero-order valence-corrected chi connectivity index (χ0v) is 13.3. The lowest BCUT2D eigenvalue weighted by Gasteiger charge is -2.29. The summed E-state index contributed by atoms with van der Waals surface area (Å²) in [4.78, 5) is 1.67. The van der Waals surface area contributed by atoms with Crippen molar-refractivity contribution in [3.05, 3.63) is 29.6 Å². The topological polar surface area (TPSA) is 75.4 Å². The summed E-state index contributed by atoms with van der Waals surface area (Å²) in [7, 11) is -1.86. The first-order valence-corrected chi connectivity index (χ1v) is 8.49. The number of piperidine rings is 1. The second-order valence-electron chi connectivity index (χ2n) is 5.18. The van der Waals surface area contributed by atoms with E-state index in [1.54, 1.807) is 0 Å². The van der Waals surface area contributed by atoms with Gasteiger partial charge in [0.1, 0.15) is 10.8 Å². The Kier molecular flexibility index (Phi) is 4.92. The Hall–Kier alpha value is -1.09. The Morgan fingerprint density at radius 3 is 2.62 bits per heavy atom. The van der Waals surface area contributed by atoms with E-state index < -0.39 is 15.8 Å². The van der Waals surface area contributed by atoms with Crippen LogP contribution in [0, 0.1) is 5.82 Å². The fourth-order valence-electron chi connectivity index (χ4n) is 2.38. The number of sulfonamides is 1. The molecule has 0 aromatic heterocycles. The number of hydrogen-bond acceptors (Lipinski definition) is 4. The first-order valence-electron chi connectivity index (χ1n) is 6.60. The number of nitrogens with two attached hydrogens (primary N) is 1. The van der Waals surface area contributed by atoms with Crippen LogP contribution in [0.5, 0.6) is 0 Å². The first-order chi connectivity index (χ1) is 9.81. The molecule has 1 aliphatic rings. The summed E-state index contributed by atoms with van der Waals surface area (Å²) < 4.78 is 41.3. The molecule has 21 heavy (non-hydrogen) atoms. The van der Waals surface area contributed by atoms with Gasteiger partial charge in [-0.25, -0.2) is 17.5 Å². The summed E-state index contributed by atoms with van der Waals surface area (Å²) in [5.74, 6) is -0.728. The second kappa shape index (κ2) is 6.35. The first kappa shape index (κ1) is 16.3. The maximum Gasteiger partial charge on any atom is 0.241 e. The molecular formula is C13H18FN3O2S2. The Bertz CT molecular complexity index is 641. The van der Waals surface area contributed by atoms with Crippen molar-refractivity contribution in [2.45, 2.75) is 23.8 Å². The van der Waals surface area contributed by atoms with Crippen molar-refractivity contribution in [2.75, 3.05) is 20.1 Å². The number of benzene rings is 1. The number of hydrogen-bond donors (Lipinski definition) is 2. The van der Waals surface area contributed by atoms with Crippen molar-refractivity contribution in [1.29, 1.82) is 0 Å². The predicted molar refractivity (Wildman–Crippen MR) is 83.1 cm³/mol. The minimum absolute atomic E-state index is 0.159. The average molecular weight is 331 g/mol. The van der Waals surface area contributed by atoms with E-state index >= 15 is 0 Å². The van der Waals surface area contributed by atoms with Crippen LogP contribution in [0.2, 0.25) is 0 Å². The van der Waals surface area contributed by atoms with Crippen LogP contribution in [0.4, 0.5) is 4.39 Å². The minimum atomic E-state index is -3.85. The maximum atomic E-state index is 13.8. The fraction of sp³-hybridized carbons (Fsp3) is 0.462. The molecule has 0 unspecified atom stereocenters. The van der Waals surface area contributed by atoms with Gasteiger partial charge >= 0.3 is 0 Å². The van der Waals surface area contributed by atoms with E-state index in [-0.39, 0.29) is 21.5 Å². The Morgan fingerprint density at radius 1 is 1.43 bits per heavy atom. The third kappa shape index (κ3) is 3.76. The molecule has 1 saturated heterocycles. The molecule has 1 fully saturated rings. The van der Waals surface area contributed by atoms with E-state index in [0.29, 0.717) is 12.8 Å². The predicted octanol–water partition coefficient (Wildman–Crippen LogP) is 0.832. The molecule has 116 valence electrons. The summed E-state index contributed by atoms with van der Waals surface area (Å²) in [5.41, 5.74) is 5.23. The fourth-order valence-corrected chi connectivity index (χ4v) is 4.18. The van der Waals surface area contributed by atoms with E-state index in [9.17, 15) is 12.8 Å². The molecule has 0 aliphatic carbocycles. The van der Waals surface area contributed by atoms with Crippen LogP contribution in [0.15, 0.2) is 23.1 Å². The van der Waals surface area contributed by atoms with Crippen molar-refractivity contribution in [3.63, 3.8) is 0 Å². The van der Waals surface area contributed by atoms with Gasteiger partial charge in [0.15, 0.2) is 0 Å². The highest BCUT2D eigenvalue weighted by Gasteiger charge is 2.27. The molecule has 0 bridgehead atoms. The van der Waals surface area contributed by atoms with Crippen LogP contribution in [-0.4, -0.2) is 44.5 Å². The zero-order valence-electron chi connectivity index (χ0n) is 11.7. The number of halogens is 1. The number of rotatable bonds is 4. The van der Waals surface area contributed by atoms with E-state index in [1.807, 2.05) is 7.05 Å². The van der Waals surface area contributed by atoms with Crippen LogP contribution in [0.1, 0.15) is 18.4 Å². The zero-order chi connectivity index (χ0) is 15.6. The molecular weight excluding hydrogens is 313 g/mol. The lowest BCUT2D eigenvalue weighted by Crippen LogP contribution is -2.43. The summed E-state index contributed by atoms with van der Waals surface area (Å²) in [6.07, 6.45) is 1.43. The van der Waals surface area contributed by atoms with Crippen LogP contribution in [0.25, 0.3) is 0 Å². The van der Waals surface area contributed by atoms with Gasteiger partial charge in [-0.15, -0.1) is 0 Å². The summed E-state index contributed by atoms with van der Waals surface area (Å²) >= 11 is 4.76. The van der Waals surface area contributed by atoms with Crippen LogP contribution < -0.4 is 10.5 Å². The van der Waals surface area contributed by atoms with Gasteiger partial charge in [-0.05, 0) is 45.1 Å². The molecule has 0 radical (unpaired) electrons. The monoisotopic (exact) mass is 331 g/mol. The highest BCUT2D eigenvalue weighted by atomic mass is 32.2. The van der Waals surface area contributed by atoms with Gasteiger partial charge in [-0.3, -0.25) is 0 Å². The molecule has 0 spiro atoms. The number of nitrogens with zero attached hydrogens (tertiary/aromatic N) is 1. The lowest BCUT2D eigenvalue weighted by molar-refractivity contribution is 0.248. The third-order valence-corrected chi connectivity index (χ3v) is 5.32. The van der Waals surface area contributed by atoms with Gasteiger partial charge in [0, 0.05) is 6.04 Å². The second-order valence-corrected chi connectivity index (χ2v) is 7.30. The SMILES string of the molecule is CN1CCC(NS(=O)(=O)c2cccc(F)c2C(N)=S)CC1. The van der Waals surface area contributed by atoms with Gasteiger partial charge in [0.05, 0.1) is 10.5 Å². The minimum Gasteiger partial charge on any atom is -0.389 e. The van der Waals surface area contributed by atoms with E-state index in [0.717, 1.165) is 19.2 Å². The van der Waals surface area contributed by atoms with Crippen LogP contribution in [0.3, 0.4) is 0 Å². The molecule has 2 rings (SSSR count). The van der Waals surface area contributed by atoms with Crippen molar-refractivity contribution < 1.29 is 12.8 Å². The molecule has 1 aromatic rings. The Balaban J connectivity index is 2.28. The number of nitrogens with one attached hydrogen (secondary N) is 1. The van der Waals surface area contributed by atoms with Crippen molar-refractivity contribution in [1.82, 2.24) is 9.62 Å². The smallest absolute Gasteiger partial charge is 0.241 e. The van der Waals surface area contributed by atoms with E-state index in [4.69, 9.17) is 18.0 Å². The summed E-state index contributed by atoms with van der Waals surface area (Å²) in [5, 5.41) is 0. The van der Waals surface area contributed by atoms with Crippen molar-refractivity contribution >= 4 is 27.2 Å². The summed E-state index contributed by atoms with van der Waals surface area (Å²) in [6.45, 7) is 1.64. The normalized spacial score (nSPS) is 17.8. The molecule has 0 saturated carbocycles. The maximum absolute atomic E-state index is 13.8. The molecule has 0 atom stereocenters. The molecule has 1 aliphatic heterocycles. The molecule has 0 amide bonds. The largest absolute Gasteiger partial charge is 0.389 e. The summed E-state index contributed by atoms with van der Waals surface area (Å²) in [6, 6.07) is 3.63. The van der Waals surface area contributed by atoms with Crippen molar-refractivity contribution in [2.24, 2.45) is 5.73 Å². The highest BCUT2D eigenvalue weighted by Crippen LogP contribution is 2.20. The average Bonchev–Trinajstić information content (AvgIpc) is 2.40. The molecule has 3 N–H and O–H groups in total. The van der Waals surface area contributed by atoms with Gasteiger partial charge in [0.2, 0.25) is 10.0 Å². The Labute approximate surface area is 129 Å². The highest BCUT2D eigenvalue weighted by molar-refractivity contribution is 7.89. The lowest BCUT2D eigenvalue weighted by atomic mass is 10.1. The van der Waals surface area contributed by atoms with Gasteiger partial charge in [-0.1, -0.05) is 18.3 Å². The van der Waals surface area contributed by atoms with Crippen molar-refractivity contribution in [3.8, 4) is 0 Å². The molecule has 8 heteroatoms. The molecule has 5 nitrogen and oxygen atoms in total. The van der Waals surface area contributed by atoms with Crippen LogP contribution >= 0.6 is 12.2 Å². The third-order valence-electron chi connectivity index (χ3n) is 3.55. The molecule has 1 heterocycles. The Morgan fingerprint density at radius 2 is 2.05 bits per heavy atom. The van der Waals surface area contributed by atoms with Crippen LogP contribution in [-0.2, 0) is 10.0 Å². The molecule has 1 aromatic carbocycles. The quantitative estimate of drug-likeness (QED) is 0.800. The van der Waals surface area contributed by atoms with E-state index in [1.165, 1.54) is 12.1 Å². The van der Waals surface area contributed by atoms with Gasteiger partial charge in [0.25, 0.3) is 0 Å². The number of thiocarbonyl (C=S) groups is 1. The number of likely N-dealkylation sites (tertiary alicyclic amines) is 1. The van der Waals surface area contributed by atoms with Gasteiger partial charge < -0.3 is 10.6 Å². The standard InChI is InChI=1S/C13H18FN3O2S2/c1-17-7-5-9(6-8-17)16-21(18,19)11-4-2-3-10(14)12(11)13(15)20/h2-4,9,16H,5-8H2,1H3,(H2,15,20). The van der Waals surface area contributed by atoms with Gasteiger partial charge in [-0.2, -0.15) is 0 Å².